The zero-order valence-corrected chi connectivity index (χ0v) is 18.4. The number of nitrogens with two attached hydrogens (primary N) is 1. The number of carbonyl (C=O) groups is 1. The minimum absolute atomic E-state index is 0. The molecule has 27 heavy (non-hydrogen) atoms. The number of halogens is 3. The summed E-state index contributed by atoms with van der Waals surface area (Å²) in [6.07, 6.45) is 4.87. The van der Waals surface area contributed by atoms with Gasteiger partial charge >= 0.3 is 0 Å². The molecule has 1 aromatic rings. The average molecular weight is 440 g/mol. The molecular formula is C19H33Cl3N4O. The third kappa shape index (κ3) is 7.41. The molecule has 156 valence electrons. The van der Waals surface area contributed by atoms with Gasteiger partial charge in [0.1, 0.15) is 0 Å². The zero-order chi connectivity index (χ0) is 17.0. The number of benzene rings is 1. The molecule has 8 heteroatoms. The van der Waals surface area contributed by atoms with Crippen molar-refractivity contribution >= 4 is 48.8 Å². The standard InChI is InChI=1S/C19H30N4O.3ClH/c1-22-10-12-23(13-11-22)15-16-6-5-7-17(14-16)21-18(24)19(20)8-3-2-4-9-19;;;/h5-7,14H,2-4,8-13,15,20H2,1H3,(H,21,24);3*1H. The van der Waals surface area contributed by atoms with Crippen molar-refractivity contribution in [2.24, 2.45) is 5.73 Å². The summed E-state index contributed by atoms with van der Waals surface area (Å²) in [5.74, 6) is -0.0288. The zero-order valence-electron chi connectivity index (χ0n) is 16.0. The van der Waals surface area contributed by atoms with Crippen LogP contribution >= 0.6 is 37.2 Å². The molecule has 2 aliphatic rings. The minimum Gasteiger partial charge on any atom is -0.324 e. The molecule has 0 spiro atoms. The lowest BCUT2D eigenvalue weighted by Gasteiger charge is -2.33. The maximum atomic E-state index is 12.6. The first-order chi connectivity index (χ1) is 11.5. The van der Waals surface area contributed by atoms with Crippen LogP contribution in [0.3, 0.4) is 0 Å². The van der Waals surface area contributed by atoms with E-state index in [4.69, 9.17) is 5.73 Å². The number of piperazine rings is 1. The van der Waals surface area contributed by atoms with Gasteiger partial charge in [0.15, 0.2) is 0 Å². The van der Waals surface area contributed by atoms with Gasteiger partial charge in [-0.25, -0.2) is 0 Å². The van der Waals surface area contributed by atoms with E-state index in [2.05, 4.69) is 34.3 Å². The molecule has 1 aliphatic carbocycles. The SMILES string of the molecule is CN1CCN(Cc2cccc(NC(=O)C3(N)CCCCC3)c2)CC1.Cl.Cl.Cl. The molecule has 0 unspecified atom stereocenters. The maximum absolute atomic E-state index is 12.6. The average Bonchev–Trinajstić information content (AvgIpc) is 2.58. The van der Waals surface area contributed by atoms with Crippen LogP contribution in [0.5, 0.6) is 0 Å². The first-order valence-electron chi connectivity index (χ1n) is 9.15. The third-order valence-corrected chi connectivity index (χ3v) is 5.38. The molecule has 0 aromatic heterocycles. The van der Waals surface area contributed by atoms with Crippen molar-refractivity contribution in [1.82, 2.24) is 9.80 Å². The van der Waals surface area contributed by atoms with E-state index in [9.17, 15) is 4.79 Å². The first kappa shape index (κ1) is 26.4. The fourth-order valence-electron chi connectivity index (χ4n) is 3.68. The molecule has 5 nitrogen and oxygen atoms in total. The number of hydrogen-bond donors (Lipinski definition) is 2. The summed E-state index contributed by atoms with van der Waals surface area (Å²) >= 11 is 0. The number of likely N-dealkylation sites (N-methyl/N-ethyl adjacent to an activating group) is 1. The summed E-state index contributed by atoms with van der Waals surface area (Å²) in [6.45, 7) is 5.36. The topological polar surface area (TPSA) is 61.6 Å². The molecule has 1 amide bonds. The lowest BCUT2D eigenvalue weighted by Crippen LogP contribution is -2.52. The summed E-state index contributed by atoms with van der Waals surface area (Å²) < 4.78 is 0. The number of hydrogen-bond acceptors (Lipinski definition) is 4. The molecule has 1 saturated carbocycles. The van der Waals surface area contributed by atoms with Gasteiger partial charge in [0.2, 0.25) is 5.91 Å². The van der Waals surface area contributed by atoms with Crippen LogP contribution in [0.1, 0.15) is 37.7 Å². The predicted molar refractivity (Wildman–Crippen MR) is 120 cm³/mol. The number of nitrogens with one attached hydrogen (secondary N) is 1. The van der Waals surface area contributed by atoms with Crippen molar-refractivity contribution in [3.63, 3.8) is 0 Å². The van der Waals surface area contributed by atoms with Crippen molar-refractivity contribution in [3.05, 3.63) is 29.8 Å². The minimum atomic E-state index is -0.689. The van der Waals surface area contributed by atoms with Gasteiger partial charge in [-0.3, -0.25) is 9.69 Å². The predicted octanol–water partition coefficient (Wildman–Crippen LogP) is 3.30. The van der Waals surface area contributed by atoms with Crippen molar-refractivity contribution in [1.29, 1.82) is 0 Å². The van der Waals surface area contributed by atoms with Crippen LogP contribution in [0.15, 0.2) is 24.3 Å². The van der Waals surface area contributed by atoms with Crippen molar-refractivity contribution < 1.29 is 4.79 Å². The summed E-state index contributed by atoms with van der Waals surface area (Å²) in [6, 6.07) is 8.19. The van der Waals surface area contributed by atoms with E-state index >= 15 is 0 Å². The van der Waals surface area contributed by atoms with E-state index in [-0.39, 0.29) is 43.1 Å². The Hall–Kier alpha value is -0.560. The second-order valence-electron chi connectivity index (χ2n) is 7.45. The Bertz CT molecular complexity index is 574. The lowest BCUT2D eigenvalue weighted by molar-refractivity contribution is -0.122. The van der Waals surface area contributed by atoms with E-state index in [1.165, 1.54) is 12.0 Å². The second kappa shape index (κ2) is 12.1. The van der Waals surface area contributed by atoms with Crippen molar-refractivity contribution in [3.8, 4) is 0 Å². The number of carbonyl (C=O) groups excluding carboxylic acids is 1. The van der Waals surface area contributed by atoms with Crippen LogP contribution in [0.4, 0.5) is 5.69 Å². The highest BCUT2D eigenvalue weighted by Gasteiger charge is 2.35. The largest absolute Gasteiger partial charge is 0.324 e. The molecule has 2 fully saturated rings. The highest BCUT2D eigenvalue weighted by Crippen LogP contribution is 2.27. The quantitative estimate of drug-likeness (QED) is 0.755. The van der Waals surface area contributed by atoms with Gasteiger partial charge in [-0.2, -0.15) is 0 Å². The smallest absolute Gasteiger partial charge is 0.244 e. The molecule has 0 bridgehead atoms. The van der Waals surface area contributed by atoms with E-state index in [0.717, 1.165) is 64.1 Å². The van der Waals surface area contributed by atoms with Gasteiger partial charge in [-0.1, -0.05) is 31.4 Å². The third-order valence-electron chi connectivity index (χ3n) is 5.38. The van der Waals surface area contributed by atoms with Gasteiger partial charge in [0.05, 0.1) is 5.54 Å². The van der Waals surface area contributed by atoms with Crippen LogP contribution in [0, 0.1) is 0 Å². The Balaban J connectivity index is 0.00000225. The highest BCUT2D eigenvalue weighted by molar-refractivity contribution is 5.98. The van der Waals surface area contributed by atoms with Gasteiger partial charge in [-0.15, -0.1) is 37.2 Å². The van der Waals surface area contributed by atoms with Gasteiger partial charge in [0.25, 0.3) is 0 Å². The molecule has 3 N–H and O–H groups in total. The fourth-order valence-corrected chi connectivity index (χ4v) is 3.68. The van der Waals surface area contributed by atoms with Crippen LogP contribution < -0.4 is 11.1 Å². The molecular weight excluding hydrogens is 407 g/mol. The Morgan fingerprint density at radius 2 is 1.70 bits per heavy atom. The highest BCUT2D eigenvalue weighted by atomic mass is 35.5. The van der Waals surface area contributed by atoms with Crippen molar-refractivity contribution in [2.75, 3.05) is 38.5 Å². The number of nitrogens with zero attached hydrogens (tertiary/aromatic N) is 2. The lowest BCUT2D eigenvalue weighted by atomic mass is 9.82. The van der Waals surface area contributed by atoms with E-state index < -0.39 is 5.54 Å². The monoisotopic (exact) mass is 438 g/mol. The summed E-state index contributed by atoms with van der Waals surface area (Å²) in [7, 11) is 2.17. The Morgan fingerprint density at radius 1 is 1.07 bits per heavy atom. The van der Waals surface area contributed by atoms with E-state index in [0.29, 0.717) is 0 Å². The molecule has 1 heterocycles. The molecule has 1 saturated heterocycles. The van der Waals surface area contributed by atoms with Gasteiger partial charge in [0, 0.05) is 38.4 Å². The molecule has 0 atom stereocenters. The van der Waals surface area contributed by atoms with Gasteiger partial charge < -0.3 is 16.0 Å². The van der Waals surface area contributed by atoms with Crippen LogP contribution in [-0.2, 0) is 11.3 Å². The maximum Gasteiger partial charge on any atom is 0.244 e. The first-order valence-corrected chi connectivity index (χ1v) is 9.15. The molecule has 0 radical (unpaired) electrons. The van der Waals surface area contributed by atoms with Crippen LogP contribution in [0.25, 0.3) is 0 Å². The Morgan fingerprint density at radius 3 is 2.33 bits per heavy atom. The number of rotatable bonds is 4. The summed E-state index contributed by atoms with van der Waals surface area (Å²) in [5, 5.41) is 3.05. The number of anilines is 1. The van der Waals surface area contributed by atoms with E-state index in [1.807, 2.05) is 12.1 Å². The normalized spacial score (nSPS) is 19.8. The molecule has 1 aliphatic heterocycles. The Labute approximate surface area is 181 Å². The van der Waals surface area contributed by atoms with Crippen LogP contribution in [0.2, 0.25) is 0 Å². The molecule has 1 aromatic carbocycles. The second-order valence-corrected chi connectivity index (χ2v) is 7.45. The van der Waals surface area contributed by atoms with Gasteiger partial charge in [-0.05, 0) is 37.6 Å². The summed E-state index contributed by atoms with van der Waals surface area (Å²) in [5.41, 5.74) is 7.74. The van der Waals surface area contributed by atoms with Crippen molar-refractivity contribution in [2.45, 2.75) is 44.2 Å². The summed E-state index contributed by atoms with van der Waals surface area (Å²) in [4.78, 5) is 17.4. The number of amides is 1. The molecule has 3 rings (SSSR count). The van der Waals surface area contributed by atoms with Crippen LogP contribution in [-0.4, -0.2) is 54.5 Å². The Kier molecular flexibility index (Phi) is 11.8. The fraction of sp³-hybridized carbons (Fsp3) is 0.632. The van der Waals surface area contributed by atoms with E-state index in [1.54, 1.807) is 0 Å².